The first-order valence-corrected chi connectivity index (χ1v) is 26.7. The van der Waals surface area contributed by atoms with Crippen molar-refractivity contribution in [2.75, 3.05) is 0 Å². The van der Waals surface area contributed by atoms with E-state index in [-0.39, 0.29) is 22.6 Å². The summed E-state index contributed by atoms with van der Waals surface area (Å²) in [5.74, 6) is 0.842. The molecule has 0 aliphatic carbocycles. The maximum absolute atomic E-state index is 10.6. The molecule has 58 heavy (non-hydrogen) atoms. The Bertz CT molecular complexity index is 2070. The van der Waals surface area contributed by atoms with Crippen molar-refractivity contribution in [3.8, 4) is 22.3 Å². The Morgan fingerprint density at radius 2 is 0.914 bits per heavy atom. The van der Waals surface area contributed by atoms with Crippen molar-refractivity contribution in [1.82, 2.24) is 10.5 Å². The number of nitrogens with one attached hydrogen (secondary N) is 2. The number of amides is 2. The van der Waals surface area contributed by atoms with Crippen molar-refractivity contribution in [3.05, 3.63) is 131 Å². The molecule has 2 amide bonds. The van der Waals surface area contributed by atoms with E-state index in [1.165, 1.54) is 73.6 Å². The fourth-order valence-corrected chi connectivity index (χ4v) is 6.70. The van der Waals surface area contributed by atoms with Crippen molar-refractivity contribution in [1.29, 1.82) is 0 Å². The van der Waals surface area contributed by atoms with E-state index < -0.39 is 20.8 Å². The van der Waals surface area contributed by atoms with Crippen LogP contribution < -0.4 is 10.5 Å². The quantitative estimate of drug-likeness (QED) is 0.118. The summed E-state index contributed by atoms with van der Waals surface area (Å²) in [6, 6.07) is 40.4. The molecule has 6 aromatic carbocycles. The third-order valence-corrected chi connectivity index (χ3v) is 10.1. The molecule has 4 nitrogen and oxygen atoms in total. The molecule has 0 saturated heterocycles. The molecule has 2 N–H and O–H groups in total. The second-order valence-corrected chi connectivity index (χ2v) is 20.9. The Morgan fingerprint density at radius 3 is 1.22 bits per heavy atom. The summed E-state index contributed by atoms with van der Waals surface area (Å²) in [5.41, 5.74) is 11.5. The average Bonchev–Trinajstić information content (AvgIpc) is 3.85. The molecule has 1 radical (unpaired) electrons. The van der Waals surface area contributed by atoms with Crippen molar-refractivity contribution in [2.24, 2.45) is 0 Å². The SMILES string of the molecule is CC(C)c1ccccc1-c1cccc2[cH-]c(C(C)(C)C)cc12.CC(C)c1ccccc1-c1cccc2[cH-]c(C(C)(C)C)cc12.CCC(=O)N[B]NC(=O)CC.[Cl][Zr+2][Cl]. The molecule has 6 rings (SSSR count). The maximum atomic E-state index is 10.6. The zero-order chi connectivity index (χ0) is 43.2. The number of benzene rings is 4. The van der Waals surface area contributed by atoms with Crippen LogP contribution in [0.5, 0.6) is 0 Å². The van der Waals surface area contributed by atoms with E-state index >= 15 is 0 Å². The third-order valence-electron chi connectivity index (χ3n) is 10.1. The number of rotatable bonds is 8. The molecule has 8 heteroatoms. The van der Waals surface area contributed by atoms with Gasteiger partial charge < -0.3 is 10.5 Å². The number of hydrogen-bond acceptors (Lipinski definition) is 2. The fraction of sp³-hybridized carbons (Fsp3) is 0.360. The molecule has 0 atom stereocenters. The van der Waals surface area contributed by atoms with Crippen LogP contribution in [0.1, 0.15) is 130 Å². The molecular formula is C50H62BCl2N2O2Zr. The molecule has 0 saturated carbocycles. The number of carbonyl (C=O) groups is 2. The monoisotopic (exact) mass is 893 g/mol. The molecule has 0 fully saturated rings. The summed E-state index contributed by atoms with van der Waals surface area (Å²) in [6.45, 7) is 26.2. The van der Waals surface area contributed by atoms with Gasteiger partial charge >= 0.3 is 45.4 Å². The van der Waals surface area contributed by atoms with Gasteiger partial charge in [-0.05, 0) is 44.9 Å². The molecule has 0 heterocycles. The van der Waals surface area contributed by atoms with Gasteiger partial charge in [-0.1, -0.05) is 155 Å². The standard InChI is InChI=1S/2C22H25.C6H12BN2O2.2ClH.Zr/c2*1-15(2)18-10-6-7-11-19(18)20-12-8-9-16-13-17(14-21(16)20)22(3,4)5;1-3-5(10)8-7-9-6(11)4-2;;;/h2*6-15H,1-5H3;3-4H2,1-2H3,(H,8,10)(H,9,11);2*1H;/q2*-1;;;;+4/p-2. The minimum absolute atomic E-state index is 0.110. The first-order valence-electron chi connectivity index (χ1n) is 20.3. The van der Waals surface area contributed by atoms with Gasteiger partial charge in [0.15, 0.2) is 0 Å². The minimum atomic E-state index is -0.826. The van der Waals surface area contributed by atoms with Crippen LogP contribution in [0.15, 0.2) is 109 Å². The van der Waals surface area contributed by atoms with Crippen LogP contribution >= 0.6 is 17.0 Å². The zero-order valence-corrected chi connectivity index (χ0v) is 40.6. The second-order valence-electron chi connectivity index (χ2n) is 17.1. The summed E-state index contributed by atoms with van der Waals surface area (Å²) in [4.78, 5) is 21.2. The first kappa shape index (κ1) is 48.9. The van der Waals surface area contributed by atoms with Gasteiger partial charge in [-0.3, -0.25) is 9.59 Å². The summed E-state index contributed by atoms with van der Waals surface area (Å²) < 4.78 is 0. The Kier molecular flexibility index (Phi) is 19.2. The summed E-state index contributed by atoms with van der Waals surface area (Å²) >= 11 is -0.826. The second kappa shape index (κ2) is 22.8. The molecule has 0 aromatic heterocycles. The molecule has 6 aromatic rings. The number of carbonyl (C=O) groups excluding carboxylic acids is 2. The summed E-state index contributed by atoms with van der Waals surface area (Å²) in [7, 11) is 11.1. The van der Waals surface area contributed by atoms with Gasteiger partial charge in [0.2, 0.25) is 11.8 Å². The Labute approximate surface area is 368 Å². The van der Waals surface area contributed by atoms with Gasteiger partial charge in [-0.2, -0.15) is 12.1 Å². The Balaban J connectivity index is 0.000000237. The van der Waals surface area contributed by atoms with Crippen LogP contribution in [0.2, 0.25) is 0 Å². The average molecular weight is 896 g/mol. The van der Waals surface area contributed by atoms with Crippen LogP contribution in [-0.4, -0.2) is 19.4 Å². The first-order chi connectivity index (χ1) is 27.4. The predicted octanol–water partition coefficient (Wildman–Crippen LogP) is 14.2. The topological polar surface area (TPSA) is 58.2 Å². The van der Waals surface area contributed by atoms with E-state index in [0.717, 1.165) is 0 Å². The molecule has 0 aliphatic heterocycles. The van der Waals surface area contributed by atoms with Gasteiger partial charge in [0.25, 0.3) is 0 Å². The van der Waals surface area contributed by atoms with Gasteiger partial charge in [-0.15, -0.1) is 69.1 Å². The van der Waals surface area contributed by atoms with Crippen molar-refractivity contribution >= 4 is 57.9 Å². The van der Waals surface area contributed by atoms with E-state index in [1.54, 1.807) is 13.8 Å². The molecule has 0 aliphatic rings. The van der Waals surface area contributed by atoms with Crippen LogP contribution in [0.25, 0.3) is 43.8 Å². The van der Waals surface area contributed by atoms with E-state index in [2.05, 4.69) is 189 Å². The molecular weight excluding hydrogens is 834 g/mol. The van der Waals surface area contributed by atoms with Gasteiger partial charge in [0, 0.05) is 12.8 Å². The Morgan fingerprint density at radius 1 is 0.586 bits per heavy atom. The predicted molar refractivity (Wildman–Crippen MR) is 250 cm³/mol. The fourth-order valence-electron chi connectivity index (χ4n) is 6.70. The van der Waals surface area contributed by atoms with E-state index in [0.29, 0.717) is 24.7 Å². The number of fused-ring (bicyclic) bond motifs is 2. The van der Waals surface area contributed by atoms with Crippen molar-refractivity contribution in [2.45, 2.75) is 119 Å². The number of halogens is 2. The Hall–Kier alpha value is -3.43. The van der Waals surface area contributed by atoms with Gasteiger partial charge in [0.05, 0.1) is 0 Å². The van der Waals surface area contributed by atoms with Crippen molar-refractivity contribution < 1.29 is 30.4 Å². The van der Waals surface area contributed by atoms with Crippen molar-refractivity contribution in [3.63, 3.8) is 0 Å². The van der Waals surface area contributed by atoms with E-state index in [4.69, 9.17) is 17.0 Å². The number of hydrogen-bond donors (Lipinski definition) is 2. The third kappa shape index (κ3) is 13.8. The van der Waals surface area contributed by atoms with Crippen LogP contribution in [0.3, 0.4) is 0 Å². The normalized spacial score (nSPS) is 11.1. The molecule has 0 bridgehead atoms. The molecule has 0 spiro atoms. The van der Waals surface area contributed by atoms with E-state index in [1.807, 2.05) is 0 Å². The zero-order valence-electron chi connectivity index (χ0n) is 36.6. The van der Waals surface area contributed by atoms with Gasteiger partial charge in [-0.25, -0.2) is 0 Å². The summed E-state index contributed by atoms with van der Waals surface area (Å²) in [5, 5.41) is 10.3. The molecule has 305 valence electrons. The van der Waals surface area contributed by atoms with Gasteiger partial charge in [0.1, 0.15) is 0 Å². The van der Waals surface area contributed by atoms with Crippen LogP contribution in [-0.2, 0) is 41.3 Å². The molecule has 0 unspecified atom stereocenters. The summed E-state index contributed by atoms with van der Waals surface area (Å²) in [6.07, 6.45) is 0.830. The van der Waals surface area contributed by atoms with Crippen LogP contribution in [0.4, 0.5) is 0 Å². The van der Waals surface area contributed by atoms with Crippen LogP contribution in [0, 0.1) is 0 Å². The van der Waals surface area contributed by atoms with E-state index in [9.17, 15) is 9.59 Å².